The lowest BCUT2D eigenvalue weighted by atomic mass is 9.93. The molecule has 1 heterocycles. The zero-order valence-electron chi connectivity index (χ0n) is 16.2. The van der Waals surface area contributed by atoms with Crippen LogP contribution in [0.2, 0.25) is 5.02 Å². The van der Waals surface area contributed by atoms with Gasteiger partial charge in [0.15, 0.2) is 5.82 Å². The van der Waals surface area contributed by atoms with Gasteiger partial charge >= 0.3 is 0 Å². The van der Waals surface area contributed by atoms with Crippen LogP contribution in [-0.4, -0.2) is 11.1 Å². The van der Waals surface area contributed by atoms with Crippen LogP contribution in [0.25, 0.3) is 0 Å². The van der Waals surface area contributed by atoms with Crippen molar-refractivity contribution in [3.8, 4) is 5.75 Å². The molecule has 1 N–H and O–H groups in total. The second kappa shape index (κ2) is 8.48. The maximum Gasteiger partial charge on any atom is 0.230 e. The highest BCUT2D eigenvalue weighted by Crippen LogP contribution is 2.24. The first kappa shape index (κ1) is 20.0. The third kappa shape index (κ3) is 5.60. The zero-order valence-corrected chi connectivity index (χ0v) is 16.9. The molecule has 0 saturated carbocycles. The van der Waals surface area contributed by atoms with Crippen molar-refractivity contribution in [3.05, 3.63) is 76.5 Å². The van der Waals surface area contributed by atoms with Crippen LogP contribution in [0.4, 0.5) is 5.82 Å². The van der Waals surface area contributed by atoms with Gasteiger partial charge in [-0.3, -0.25) is 4.79 Å². The Hall–Kier alpha value is -2.79. The van der Waals surface area contributed by atoms with E-state index in [0.29, 0.717) is 17.4 Å². The SMILES string of the molecule is CC(C)(C)c1cc(NC(=O)Cc2ccc(OCc3ccc(Cl)cc3)cc2)no1. The van der Waals surface area contributed by atoms with Crippen LogP contribution in [0.1, 0.15) is 37.7 Å². The van der Waals surface area contributed by atoms with Crippen molar-refractivity contribution in [2.45, 2.75) is 39.2 Å². The van der Waals surface area contributed by atoms with E-state index in [-0.39, 0.29) is 17.7 Å². The van der Waals surface area contributed by atoms with Crippen molar-refractivity contribution >= 4 is 23.3 Å². The number of hydrogen-bond donors (Lipinski definition) is 1. The predicted molar refractivity (Wildman–Crippen MR) is 110 cm³/mol. The van der Waals surface area contributed by atoms with Crippen molar-refractivity contribution < 1.29 is 14.1 Å². The Morgan fingerprint density at radius 3 is 2.32 bits per heavy atom. The number of carbonyl (C=O) groups excluding carboxylic acids is 1. The summed E-state index contributed by atoms with van der Waals surface area (Å²) in [6.07, 6.45) is 0.245. The quantitative estimate of drug-likeness (QED) is 0.604. The fourth-order valence-electron chi connectivity index (χ4n) is 2.51. The van der Waals surface area contributed by atoms with Crippen LogP contribution in [-0.2, 0) is 23.2 Å². The Morgan fingerprint density at radius 1 is 1.07 bits per heavy atom. The highest BCUT2D eigenvalue weighted by Gasteiger charge is 2.20. The van der Waals surface area contributed by atoms with Gasteiger partial charge < -0.3 is 14.6 Å². The van der Waals surface area contributed by atoms with E-state index in [0.717, 1.165) is 22.6 Å². The van der Waals surface area contributed by atoms with Crippen LogP contribution in [0, 0.1) is 0 Å². The lowest BCUT2D eigenvalue weighted by Crippen LogP contribution is -2.14. The van der Waals surface area contributed by atoms with Crippen molar-refractivity contribution in [1.29, 1.82) is 0 Å². The maximum absolute atomic E-state index is 12.2. The summed E-state index contributed by atoms with van der Waals surface area (Å²) in [7, 11) is 0. The minimum atomic E-state index is -0.155. The first-order valence-electron chi connectivity index (χ1n) is 9.03. The zero-order chi connectivity index (χ0) is 20.1. The molecular weight excluding hydrogens is 376 g/mol. The van der Waals surface area contributed by atoms with Crippen LogP contribution in [0.15, 0.2) is 59.1 Å². The Bertz CT molecular complexity index is 926. The molecule has 0 spiro atoms. The third-order valence-electron chi connectivity index (χ3n) is 4.12. The number of hydrogen-bond acceptors (Lipinski definition) is 4. The molecule has 0 fully saturated rings. The number of nitrogens with one attached hydrogen (secondary N) is 1. The summed E-state index contributed by atoms with van der Waals surface area (Å²) in [6, 6.07) is 16.7. The molecule has 0 atom stereocenters. The number of ether oxygens (including phenoxy) is 1. The number of rotatable bonds is 6. The molecule has 2 aromatic carbocycles. The van der Waals surface area contributed by atoms with E-state index < -0.39 is 0 Å². The average molecular weight is 399 g/mol. The number of nitrogens with zero attached hydrogens (tertiary/aromatic N) is 1. The Morgan fingerprint density at radius 2 is 1.71 bits per heavy atom. The highest BCUT2D eigenvalue weighted by molar-refractivity contribution is 6.30. The molecule has 0 saturated heterocycles. The molecule has 0 aliphatic carbocycles. The molecule has 28 heavy (non-hydrogen) atoms. The largest absolute Gasteiger partial charge is 0.489 e. The van der Waals surface area contributed by atoms with Crippen LogP contribution in [0.3, 0.4) is 0 Å². The van der Waals surface area contributed by atoms with E-state index in [4.69, 9.17) is 20.9 Å². The van der Waals surface area contributed by atoms with Gasteiger partial charge in [-0.25, -0.2) is 0 Å². The molecule has 0 aliphatic heterocycles. The van der Waals surface area contributed by atoms with Gasteiger partial charge in [0.25, 0.3) is 0 Å². The fraction of sp³-hybridized carbons (Fsp3) is 0.273. The van der Waals surface area contributed by atoms with E-state index in [9.17, 15) is 4.79 Å². The first-order chi connectivity index (χ1) is 13.3. The van der Waals surface area contributed by atoms with E-state index in [1.54, 1.807) is 6.07 Å². The lowest BCUT2D eigenvalue weighted by molar-refractivity contribution is -0.115. The summed E-state index contributed by atoms with van der Waals surface area (Å²) < 4.78 is 11.0. The van der Waals surface area contributed by atoms with Gasteiger partial charge in [-0.1, -0.05) is 61.8 Å². The molecule has 0 unspecified atom stereocenters. The van der Waals surface area contributed by atoms with Gasteiger partial charge in [-0.2, -0.15) is 0 Å². The Balaban J connectivity index is 1.51. The minimum absolute atomic E-state index is 0.149. The van der Waals surface area contributed by atoms with Crippen LogP contribution >= 0.6 is 11.6 Å². The molecule has 5 nitrogen and oxygen atoms in total. The monoisotopic (exact) mass is 398 g/mol. The number of amides is 1. The number of carbonyl (C=O) groups is 1. The minimum Gasteiger partial charge on any atom is -0.489 e. The van der Waals surface area contributed by atoms with Gasteiger partial charge in [0, 0.05) is 16.5 Å². The summed E-state index contributed by atoms with van der Waals surface area (Å²) in [5.41, 5.74) is 1.77. The van der Waals surface area contributed by atoms with Gasteiger partial charge in [0.2, 0.25) is 5.91 Å². The predicted octanol–water partition coefficient (Wildman–Crippen LogP) is 5.39. The molecule has 146 valence electrons. The second-order valence-corrected chi connectivity index (χ2v) is 8.05. The molecule has 0 radical (unpaired) electrons. The van der Waals surface area contributed by atoms with Crippen LogP contribution in [0.5, 0.6) is 5.75 Å². The molecular formula is C22H23ClN2O3. The second-order valence-electron chi connectivity index (χ2n) is 7.61. The fourth-order valence-corrected chi connectivity index (χ4v) is 2.64. The van der Waals surface area contributed by atoms with Gasteiger partial charge in [-0.05, 0) is 35.4 Å². The highest BCUT2D eigenvalue weighted by atomic mass is 35.5. The molecule has 3 rings (SSSR count). The summed E-state index contributed by atoms with van der Waals surface area (Å²) in [5, 5.41) is 7.37. The standard InChI is InChI=1S/C22H23ClN2O3/c1-22(2,3)19-13-20(25-28-19)24-21(26)12-15-6-10-18(11-7-15)27-14-16-4-8-17(23)9-5-16/h4-11,13H,12,14H2,1-3H3,(H,24,25,26). The number of anilines is 1. The van der Waals surface area contributed by atoms with E-state index in [2.05, 4.69) is 10.5 Å². The van der Waals surface area contributed by atoms with Gasteiger partial charge in [0.05, 0.1) is 6.42 Å². The smallest absolute Gasteiger partial charge is 0.230 e. The molecule has 0 aliphatic rings. The first-order valence-corrected chi connectivity index (χ1v) is 9.40. The summed E-state index contributed by atoms with van der Waals surface area (Å²) in [5.74, 6) is 1.75. The number of aromatic nitrogens is 1. The van der Waals surface area contributed by atoms with E-state index in [1.807, 2.05) is 69.3 Å². The topological polar surface area (TPSA) is 64.4 Å². The molecule has 3 aromatic rings. The molecule has 1 amide bonds. The molecule has 0 bridgehead atoms. The van der Waals surface area contributed by atoms with Crippen molar-refractivity contribution in [3.63, 3.8) is 0 Å². The number of benzene rings is 2. The third-order valence-corrected chi connectivity index (χ3v) is 4.38. The van der Waals surface area contributed by atoms with Gasteiger partial charge in [-0.15, -0.1) is 0 Å². The summed E-state index contributed by atoms with van der Waals surface area (Å²) in [4.78, 5) is 12.2. The van der Waals surface area contributed by atoms with Crippen molar-refractivity contribution in [1.82, 2.24) is 5.16 Å². The Labute approximate surface area is 169 Å². The average Bonchev–Trinajstić information content (AvgIpc) is 3.11. The van der Waals surface area contributed by atoms with Crippen molar-refractivity contribution in [2.24, 2.45) is 0 Å². The van der Waals surface area contributed by atoms with E-state index in [1.165, 1.54) is 0 Å². The van der Waals surface area contributed by atoms with Crippen molar-refractivity contribution in [2.75, 3.05) is 5.32 Å². The molecule has 6 heteroatoms. The summed E-state index contributed by atoms with van der Waals surface area (Å²) >= 11 is 5.88. The Kier molecular flexibility index (Phi) is 6.05. The van der Waals surface area contributed by atoms with E-state index >= 15 is 0 Å². The van der Waals surface area contributed by atoms with Gasteiger partial charge in [0.1, 0.15) is 18.1 Å². The summed E-state index contributed by atoms with van der Waals surface area (Å²) in [6.45, 7) is 6.53. The maximum atomic E-state index is 12.2. The number of halogens is 1. The normalized spacial score (nSPS) is 11.3. The lowest BCUT2D eigenvalue weighted by Gasteiger charge is -2.12. The molecule has 1 aromatic heterocycles. The van der Waals surface area contributed by atoms with Crippen LogP contribution < -0.4 is 10.1 Å².